The molecule has 0 radical (unpaired) electrons. The van der Waals surface area contributed by atoms with E-state index in [0.717, 1.165) is 0 Å². The zero-order valence-corrected chi connectivity index (χ0v) is 11.6. The average Bonchev–Trinajstić information content (AvgIpc) is 2.50. The Morgan fingerprint density at radius 3 is 1.00 bits per heavy atom. The lowest BCUT2D eigenvalue weighted by Gasteiger charge is -2.52. The highest BCUT2D eigenvalue weighted by Gasteiger charge is 3.01. The Hall–Kier alpha value is -1.90. The first kappa shape index (κ1) is 21.4. The maximum Gasteiger partial charge on any atom is 0.384 e. The molecule has 1 aliphatic carbocycles. The van der Waals surface area contributed by atoms with Gasteiger partial charge < -0.3 is 0 Å². The predicted molar refractivity (Wildman–Crippen MR) is 51.6 cm³/mol. The second-order valence-corrected chi connectivity index (χ2v) is 5.23. The van der Waals surface area contributed by atoms with Gasteiger partial charge >= 0.3 is 29.6 Å². The largest absolute Gasteiger partial charge is 0.384 e. The molecule has 1 saturated carbocycles. The molecule has 0 aromatic carbocycles. The maximum absolute atomic E-state index is 14.4. The van der Waals surface area contributed by atoms with E-state index in [4.69, 9.17) is 0 Å². The number of pyridine rings is 1. The van der Waals surface area contributed by atoms with Gasteiger partial charge in [0.2, 0.25) is 0 Å². The summed E-state index contributed by atoms with van der Waals surface area (Å²) in [5.41, 5.74) is -11.4. The Morgan fingerprint density at radius 2 is 0.704 bits per heavy atom. The quantitative estimate of drug-likeness (QED) is 0.451. The van der Waals surface area contributed by atoms with Crippen LogP contribution in [0.15, 0.2) is 0 Å². The molecule has 0 saturated heterocycles. The normalized spacial score (nSPS) is 26.6. The van der Waals surface area contributed by atoms with Crippen molar-refractivity contribution >= 4 is 0 Å². The molecule has 154 valence electrons. The third kappa shape index (κ3) is 1.93. The van der Waals surface area contributed by atoms with Crippen molar-refractivity contribution < 1.29 is 65.9 Å². The molecular weight excluding hydrogens is 431 g/mol. The first-order chi connectivity index (χ1) is 11.7. The van der Waals surface area contributed by atoms with Crippen LogP contribution in [-0.2, 0) is 5.67 Å². The van der Waals surface area contributed by atoms with Gasteiger partial charge in [0.15, 0.2) is 11.6 Å². The number of nitrogens with zero attached hydrogens (tertiary/aromatic N) is 1. The lowest BCUT2D eigenvalue weighted by atomic mass is 9.69. The number of rotatable bonds is 1. The van der Waals surface area contributed by atoms with Gasteiger partial charge in [-0.15, -0.1) is 0 Å². The molecule has 0 aliphatic heterocycles. The van der Waals surface area contributed by atoms with Gasteiger partial charge in [0, 0.05) is 0 Å². The van der Waals surface area contributed by atoms with Crippen LogP contribution in [0.4, 0.5) is 65.9 Å². The second kappa shape index (κ2) is 5.12. The molecular formula is C11F15N. The van der Waals surface area contributed by atoms with E-state index in [0.29, 0.717) is 0 Å². The zero-order valence-electron chi connectivity index (χ0n) is 11.6. The summed E-state index contributed by atoms with van der Waals surface area (Å²) in [7, 11) is 0. The van der Waals surface area contributed by atoms with Crippen LogP contribution in [0.25, 0.3) is 0 Å². The van der Waals surface area contributed by atoms with Gasteiger partial charge in [0.25, 0.3) is 17.6 Å². The molecule has 0 atom stereocenters. The highest BCUT2D eigenvalue weighted by atomic mass is 19.4. The summed E-state index contributed by atoms with van der Waals surface area (Å²) < 4.78 is 201. The standard InChI is InChI=1S/C11F15N/c12-2-1(3(13)5(15)27-4(2)14)6(16)7(17,18)9(21,22)11(25,26)10(23,24)8(6,19)20. The van der Waals surface area contributed by atoms with Gasteiger partial charge in [0.05, 0.1) is 5.56 Å². The van der Waals surface area contributed by atoms with Crippen molar-refractivity contribution in [2.45, 2.75) is 35.3 Å². The van der Waals surface area contributed by atoms with Gasteiger partial charge in [-0.05, 0) is 0 Å². The fraction of sp³-hybridized carbons (Fsp3) is 0.545. The van der Waals surface area contributed by atoms with Crippen molar-refractivity contribution in [1.29, 1.82) is 0 Å². The highest BCUT2D eigenvalue weighted by Crippen LogP contribution is 2.72. The van der Waals surface area contributed by atoms with Crippen LogP contribution in [0.3, 0.4) is 0 Å². The van der Waals surface area contributed by atoms with Crippen molar-refractivity contribution in [1.82, 2.24) is 4.98 Å². The Labute approximate surface area is 136 Å². The lowest BCUT2D eigenvalue weighted by Crippen LogP contribution is -2.82. The van der Waals surface area contributed by atoms with Crippen molar-refractivity contribution in [2.24, 2.45) is 0 Å². The van der Waals surface area contributed by atoms with Crippen LogP contribution < -0.4 is 0 Å². The van der Waals surface area contributed by atoms with Crippen LogP contribution in [0.2, 0.25) is 0 Å². The zero-order chi connectivity index (χ0) is 21.6. The summed E-state index contributed by atoms with van der Waals surface area (Å²) in [5.74, 6) is -52.1. The summed E-state index contributed by atoms with van der Waals surface area (Å²) in [6, 6.07) is 0. The summed E-state index contributed by atoms with van der Waals surface area (Å²) >= 11 is 0. The van der Waals surface area contributed by atoms with E-state index >= 15 is 0 Å². The topological polar surface area (TPSA) is 12.9 Å². The number of hydrogen-bond donors (Lipinski definition) is 0. The smallest absolute Gasteiger partial charge is 0.224 e. The first-order valence-electron chi connectivity index (χ1n) is 6.03. The number of alkyl halides is 11. The monoisotopic (exact) mass is 431 g/mol. The Kier molecular flexibility index (Phi) is 4.06. The van der Waals surface area contributed by atoms with Gasteiger partial charge in [0.1, 0.15) is 0 Å². The summed E-state index contributed by atoms with van der Waals surface area (Å²) in [5, 5.41) is 0. The predicted octanol–water partition coefficient (Wildman–Crippen LogP) is 4.99. The molecule has 1 heterocycles. The molecule has 0 unspecified atom stereocenters. The third-order valence-electron chi connectivity index (χ3n) is 3.78. The molecule has 1 aliphatic rings. The fourth-order valence-electron chi connectivity index (χ4n) is 2.32. The van der Waals surface area contributed by atoms with Crippen LogP contribution in [-0.4, -0.2) is 34.6 Å². The molecule has 1 fully saturated rings. The highest BCUT2D eigenvalue weighted by molar-refractivity contribution is 5.38. The second-order valence-electron chi connectivity index (χ2n) is 5.23. The van der Waals surface area contributed by atoms with E-state index in [1.54, 1.807) is 4.98 Å². The minimum atomic E-state index is -7.70. The number of halogens is 15. The number of aromatic nitrogens is 1. The van der Waals surface area contributed by atoms with Gasteiger partial charge in [-0.25, -0.2) is 13.2 Å². The molecule has 16 heteroatoms. The summed E-state index contributed by atoms with van der Waals surface area (Å²) in [6.45, 7) is 0. The van der Waals surface area contributed by atoms with Crippen molar-refractivity contribution in [3.63, 3.8) is 0 Å². The molecule has 0 N–H and O–H groups in total. The lowest BCUT2D eigenvalue weighted by molar-refractivity contribution is -0.490. The SMILES string of the molecule is Fc1nc(F)c(F)c(C2(F)C(F)(F)C(F)(F)C(F)(F)C(F)(F)C2(F)F)c1F. The first-order valence-corrected chi connectivity index (χ1v) is 6.03. The van der Waals surface area contributed by atoms with Crippen LogP contribution in [0.1, 0.15) is 5.56 Å². The summed E-state index contributed by atoms with van der Waals surface area (Å²) in [6.07, 6.45) is 0. The molecule has 1 nitrogen and oxygen atoms in total. The molecule has 1 aromatic heterocycles. The van der Waals surface area contributed by atoms with Crippen molar-refractivity contribution in [3.8, 4) is 0 Å². The maximum atomic E-state index is 14.4. The molecule has 27 heavy (non-hydrogen) atoms. The van der Waals surface area contributed by atoms with E-state index in [1.807, 2.05) is 0 Å². The minimum Gasteiger partial charge on any atom is -0.224 e. The third-order valence-corrected chi connectivity index (χ3v) is 3.78. The Morgan fingerprint density at radius 1 is 0.444 bits per heavy atom. The molecule has 1 aromatic rings. The molecule has 2 rings (SSSR count). The van der Waals surface area contributed by atoms with E-state index < -0.39 is 64.4 Å². The average molecular weight is 431 g/mol. The van der Waals surface area contributed by atoms with Crippen LogP contribution in [0.5, 0.6) is 0 Å². The van der Waals surface area contributed by atoms with E-state index in [2.05, 4.69) is 0 Å². The van der Waals surface area contributed by atoms with E-state index in [9.17, 15) is 65.9 Å². The number of hydrogen-bond acceptors (Lipinski definition) is 1. The summed E-state index contributed by atoms with van der Waals surface area (Å²) in [4.78, 5) is 1.59. The van der Waals surface area contributed by atoms with E-state index in [1.165, 1.54) is 0 Å². The fourth-order valence-corrected chi connectivity index (χ4v) is 2.32. The molecule has 0 amide bonds. The van der Waals surface area contributed by atoms with Crippen molar-refractivity contribution in [2.75, 3.05) is 0 Å². The Bertz CT molecular complexity index is 741. The van der Waals surface area contributed by atoms with Gasteiger partial charge in [-0.1, -0.05) is 0 Å². The van der Waals surface area contributed by atoms with Crippen LogP contribution in [0, 0.1) is 23.5 Å². The Balaban J connectivity index is 3.11. The molecule has 0 spiro atoms. The van der Waals surface area contributed by atoms with Gasteiger partial charge in [-0.3, -0.25) is 0 Å². The van der Waals surface area contributed by atoms with Crippen LogP contribution >= 0.6 is 0 Å². The van der Waals surface area contributed by atoms with E-state index in [-0.39, 0.29) is 0 Å². The van der Waals surface area contributed by atoms with Gasteiger partial charge in [-0.2, -0.15) is 57.7 Å². The van der Waals surface area contributed by atoms with Crippen molar-refractivity contribution in [3.05, 3.63) is 29.1 Å². The minimum absolute atomic E-state index is 1.59. The molecule has 0 bridgehead atoms.